The monoisotopic (exact) mass is 198 g/mol. The van der Waals surface area contributed by atoms with Crippen LogP contribution in [0.25, 0.3) is 0 Å². The summed E-state index contributed by atoms with van der Waals surface area (Å²) in [6.45, 7) is 5.20. The Hall–Kier alpha value is -0.370. The maximum Gasteiger partial charge on any atom is 0.164 e. The molecule has 0 radical (unpaired) electrons. The number of ketones is 1. The zero-order valence-corrected chi connectivity index (χ0v) is 9.47. The van der Waals surface area contributed by atoms with Gasteiger partial charge >= 0.3 is 0 Å². The first-order chi connectivity index (χ1) is 6.69. The molecule has 0 saturated heterocycles. The molecule has 0 unspecified atom stereocenters. The van der Waals surface area contributed by atoms with Gasteiger partial charge in [0.15, 0.2) is 5.78 Å². The van der Waals surface area contributed by atoms with Gasteiger partial charge in [0.2, 0.25) is 0 Å². The lowest BCUT2D eigenvalue weighted by Gasteiger charge is -2.31. The molecule has 82 valence electrons. The third-order valence-electron chi connectivity index (χ3n) is 3.21. The lowest BCUT2D eigenvalue weighted by molar-refractivity contribution is -0.134. The minimum Gasteiger partial charge on any atom is -0.374 e. The van der Waals surface area contributed by atoms with E-state index in [0.717, 1.165) is 19.3 Å². The highest BCUT2D eigenvalue weighted by Crippen LogP contribution is 2.36. The van der Waals surface area contributed by atoms with Crippen LogP contribution in [-0.4, -0.2) is 19.0 Å². The van der Waals surface area contributed by atoms with Crippen LogP contribution in [0, 0.1) is 5.41 Å². The van der Waals surface area contributed by atoms with Crippen LogP contribution in [0.4, 0.5) is 0 Å². The second kappa shape index (κ2) is 5.50. The SMILES string of the molecule is CCCOCC(=O)C1(C)CCCCC1. The van der Waals surface area contributed by atoms with E-state index in [0.29, 0.717) is 19.0 Å². The summed E-state index contributed by atoms with van der Waals surface area (Å²) in [4.78, 5) is 11.9. The van der Waals surface area contributed by atoms with Gasteiger partial charge < -0.3 is 4.74 Å². The Morgan fingerprint density at radius 1 is 1.29 bits per heavy atom. The highest BCUT2D eigenvalue weighted by Gasteiger charge is 2.33. The van der Waals surface area contributed by atoms with Crippen molar-refractivity contribution in [3.63, 3.8) is 0 Å². The lowest BCUT2D eigenvalue weighted by Crippen LogP contribution is -2.33. The van der Waals surface area contributed by atoms with Crippen LogP contribution in [0.2, 0.25) is 0 Å². The molecular formula is C12H22O2. The number of carbonyl (C=O) groups excluding carboxylic acids is 1. The number of rotatable bonds is 5. The van der Waals surface area contributed by atoms with Gasteiger partial charge in [0.1, 0.15) is 6.61 Å². The quantitative estimate of drug-likeness (QED) is 0.635. The molecule has 0 aromatic rings. The normalized spacial score (nSPS) is 20.7. The van der Waals surface area contributed by atoms with Crippen LogP contribution in [0.3, 0.4) is 0 Å². The molecule has 2 nitrogen and oxygen atoms in total. The molecule has 1 aliphatic rings. The second-order valence-electron chi connectivity index (χ2n) is 4.60. The van der Waals surface area contributed by atoms with Crippen molar-refractivity contribution in [3.8, 4) is 0 Å². The van der Waals surface area contributed by atoms with Crippen molar-refractivity contribution < 1.29 is 9.53 Å². The molecule has 0 bridgehead atoms. The predicted molar refractivity (Wildman–Crippen MR) is 57.3 cm³/mol. The molecule has 0 atom stereocenters. The molecule has 0 N–H and O–H groups in total. The van der Waals surface area contributed by atoms with Crippen molar-refractivity contribution in [2.45, 2.75) is 52.4 Å². The van der Waals surface area contributed by atoms with Crippen LogP contribution < -0.4 is 0 Å². The van der Waals surface area contributed by atoms with E-state index >= 15 is 0 Å². The Labute approximate surface area is 87.0 Å². The van der Waals surface area contributed by atoms with Gasteiger partial charge in [0, 0.05) is 12.0 Å². The van der Waals surface area contributed by atoms with Gasteiger partial charge in [-0.1, -0.05) is 33.1 Å². The van der Waals surface area contributed by atoms with Gasteiger partial charge in [0.05, 0.1) is 0 Å². The highest BCUT2D eigenvalue weighted by molar-refractivity contribution is 5.85. The van der Waals surface area contributed by atoms with E-state index in [1.807, 2.05) is 0 Å². The number of Topliss-reactive ketones (excluding diaryl/α,β-unsaturated/α-hetero) is 1. The Bertz CT molecular complexity index is 181. The van der Waals surface area contributed by atoms with Gasteiger partial charge in [-0.15, -0.1) is 0 Å². The van der Waals surface area contributed by atoms with Crippen molar-refractivity contribution in [2.24, 2.45) is 5.41 Å². The van der Waals surface area contributed by atoms with Crippen molar-refractivity contribution in [1.82, 2.24) is 0 Å². The van der Waals surface area contributed by atoms with Gasteiger partial charge in [-0.05, 0) is 19.3 Å². The summed E-state index contributed by atoms with van der Waals surface area (Å²) in [5, 5.41) is 0. The average molecular weight is 198 g/mol. The summed E-state index contributed by atoms with van der Waals surface area (Å²) in [5.41, 5.74) is -0.0774. The van der Waals surface area contributed by atoms with E-state index in [1.165, 1.54) is 19.3 Å². The van der Waals surface area contributed by atoms with E-state index in [-0.39, 0.29) is 5.41 Å². The minimum atomic E-state index is -0.0774. The number of hydrogen-bond donors (Lipinski definition) is 0. The largest absolute Gasteiger partial charge is 0.374 e. The standard InChI is InChI=1S/C12H22O2/c1-3-9-14-10-11(13)12(2)7-5-4-6-8-12/h3-10H2,1-2H3. The Morgan fingerprint density at radius 2 is 1.93 bits per heavy atom. The Kier molecular flexibility index (Phi) is 4.59. The summed E-state index contributed by atoms with van der Waals surface area (Å²) >= 11 is 0. The fourth-order valence-electron chi connectivity index (χ4n) is 2.09. The molecule has 1 fully saturated rings. The third-order valence-corrected chi connectivity index (χ3v) is 3.21. The fourth-order valence-corrected chi connectivity index (χ4v) is 2.09. The topological polar surface area (TPSA) is 26.3 Å². The zero-order chi connectivity index (χ0) is 10.4. The van der Waals surface area contributed by atoms with E-state index in [2.05, 4.69) is 13.8 Å². The number of hydrogen-bond acceptors (Lipinski definition) is 2. The fraction of sp³-hybridized carbons (Fsp3) is 0.917. The maximum absolute atomic E-state index is 11.9. The zero-order valence-electron chi connectivity index (χ0n) is 9.47. The van der Waals surface area contributed by atoms with E-state index < -0.39 is 0 Å². The molecule has 1 saturated carbocycles. The molecule has 0 amide bonds. The van der Waals surface area contributed by atoms with Crippen LogP contribution in [0.1, 0.15) is 52.4 Å². The predicted octanol–water partition coefficient (Wildman–Crippen LogP) is 2.95. The van der Waals surface area contributed by atoms with Gasteiger partial charge in [-0.25, -0.2) is 0 Å². The smallest absolute Gasteiger partial charge is 0.164 e. The second-order valence-corrected chi connectivity index (χ2v) is 4.60. The van der Waals surface area contributed by atoms with Gasteiger partial charge in [-0.3, -0.25) is 4.79 Å². The van der Waals surface area contributed by atoms with Crippen molar-refractivity contribution in [1.29, 1.82) is 0 Å². The first kappa shape index (κ1) is 11.7. The number of ether oxygens (including phenoxy) is 1. The van der Waals surface area contributed by atoms with Crippen LogP contribution >= 0.6 is 0 Å². The summed E-state index contributed by atoms with van der Waals surface area (Å²) < 4.78 is 5.31. The molecule has 0 aliphatic heterocycles. The summed E-state index contributed by atoms with van der Waals surface area (Å²) in [5.74, 6) is 0.311. The van der Waals surface area contributed by atoms with E-state index in [9.17, 15) is 4.79 Å². The summed E-state index contributed by atoms with van der Waals surface area (Å²) in [6.07, 6.45) is 6.80. The van der Waals surface area contributed by atoms with E-state index in [4.69, 9.17) is 4.74 Å². The first-order valence-corrected chi connectivity index (χ1v) is 5.80. The van der Waals surface area contributed by atoms with Crippen LogP contribution in [0.5, 0.6) is 0 Å². The minimum absolute atomic E-state index is 0.0774. The summed E-state index contributed by atoms with van der Waals surface area (Å²) in [6, 6.07) is 0. The molecule has 0 aromatic heterocycles. The van der Waals surface area contributed by atoms with Crippen molar-refractivity contribution in [2.75, 3.05) is 13.2 Å². The van der Waals surface area contributed by atoms with E-state index in [1.54, 1.807) is 0 Å². The highest BCUT2D eigenvalue weighted by atomic mass is 16.5. The molecule has 0 aromatic carbocycles. The Balaban J connectivity index is 2.33. The van der Waals surface area contributed by atoms with Gasteiger partial charge in [0.25, 0.3) is 0 Å². The number of carbonyl (C=O) groups is 1. The molecule has 2 heteroatoms. The average Bonchev–Trinajstić information content (AvgIpc) is 2.19. The molecule has 14 heavy (non-hydrogen) atoms. The van der Waals surface area contributed by atoms with Crippen LogP contribution in [0.15, 0.2) is 0 Å². The molecule has 1 rings (SSSR count). The third kappa shape index (κ3) is 3.09. The van der Waals surface area contributed by atoms with Crippen molar-refractivity contribution >= 4 is 5.78 Å². The van der Waals surface area contributed by atoms with Gasteiger partial charge in [-0.2, -0.15) is 0 Å². The molecule has 0 spiro atoms. The molecular weight excluding hydrogens is 176 g/mol. The summed E-state index contributed by atoms with van der Waals surface area (Å²) in [7, 11) is 0. The molecule has 0 heterocycles. The lowest BCUT2D eigenvalue weighted by atomic mass is 9.73. The van der Waals surface area contributed by atoms with Crippen molar-refractivity contribution in [3.05, 3.63) is 0 Å². The molecule has 1 aliphatic carbocycles. The maximum atomic E-state index is 11.9. The first-order valence-electron chi connectivity index (χ1n) is 5.80. The Morgan fingerprint density at radius 3 is 2.50 bits per heavy atom. The van der Waals surface area contributed by atoms with Crippen LogP contribution in [-0.2, 0) is 9.53 Å².